The SMILES string of the molecule is CN1OC2(N=C1N)c1cc(-c3cccnc3)ccc1CC21CCc2onc(I)c2C1. The van der Waals surface area contributed by atoms with Gasteiger partial charge in [0.1, 0.15) is 9.46 Å². The van der Waals surface area contributed by atoms with Gasteiger partial charge in [-0.15, -0.1) is 0 Å². The van der Waals surface area contributed by atoms with Gasteiger partial charge in [-0.3, -0.25) is 4.98 Å². The first-order valence-corrected chi connectivity index (χ1v) is 11.0. The van der Waals surface area contributed by atoms with E-state index < -0.39 is 5.72 Å². The van der Waals surface area contributed by atoms with Gasteiger partial charge in [0.05, 0.1) is 0 Å². The second kappa shape index (κ2) is 6.27. The quantitative estimate of drug-likeness (QED) is 0.502. The summed E-state index contributed by atoms with van der Waals surface area (Å²) in [6.07, 6.45) is 7.05. The normalized spacial score (nSPS) is 26.9. The van der Waals surface area contributed by atoms with Gasteiger partial charge < -0.3 is 10.3 Å². The number of aliphatic imine (C=N–C) groups is 1. The van der Waals surface area contributed by atoms with Crippen molar-refractivity contribution in [2.75, 3.05) is 7.05 Å². The summed E-state index contributed by atoms with van der Waals surface area (Å²) in [7, 11) is 1.82. The summed E-state index contributed by atoms with van der Waals surface area (Å²) in [5, 5.41) is 5.79. The third kappa shape index (κ3) is 2.37. The molecule has 2 unspecified atom stereocenters. The molecule has 6 rings (SSSR count). The van der Waals surface area contributed by atoms with E-state index in [-0.39, 0.29) is 5.41 Å². The lowest BCUT2D eigenvalue weighted by atomic mass is 9.67. The lowest BCUT2D eigenvalue weighted by Crippen LogP contribution is -2.46. The number of nitrogens with two attached hydrogens (primary N) is 1. The summed E-state index contributed by atoms with van der Waals surface area (Å²) in [6, 6.07) is 10.6. The van der Waals surface area contributed by atoms with E-state index in [9.17, 15) is 0 Å². The standard InChI is InChI=1S/C22H20IN5O2/c1-28-20(24)26-22(30-28)17-9-13(15-3-2-8-25-12-15)4-5-14(17)10-21(22)7-6-18-16(11-21)19(23)27-29-18/h2-5,8-9,12H,6-7,10-11H2,1H3,(H2,24,26). The van der Waals surface area contributed by atoms with E-state index in [1.807, 2.05) is 19.3 Å². The zero-order valence-electron chi connectivity index (χ0n) is 16.4. The number of aromatic nitrogens is 2. The van der Waals surface area contributed by atoms with Gasteiger partial charge in [-0.1, -0.05) is 23.4 Å². The summed E-state index contributed by atoms with van der Waals surface area (Å²) in [4.78, 5) is 15.7. The van der Waals surface area contributed by atoms with Crippen LogP contribution in [0.5, 0.6) is 0 Å². The molecule has 2 spiro atoms. The number of halogens is 1. The van der Waals surface area contributed by atoms with Crippen molar-refractivity contribution in [3.63, 3.8) is 0 Å². The van der Waals surface area contributed by atoms with Gasteiger partial charge in [0.2, 0.25) is 11.7 Å². The fourth-order valence-electron chi connectivity index (χ4n) is 5.26. The highest BCUT2D eigenvalue weighted by molar-refractivity contribution is 14.1. The van der Waals surface area contributed by atoms with Crippen molar-refractivity contribution < 1.29 is 9.36 Å². The Balaban J connectivity index is 1.54. The Bertz CT molecular complexity index is 1190. The third-order valence-corrected chi connectivity index (χ3v) is 7.60. The Morgan fingerprint density at radius 2 is 2.10 bits per heavy atom. The largest absolute Gasteiger partial charge is 0.368 e. The molecule has 7 nitrogen and oxygen atoms in total. The number of hydrogen-bond acceptors (Lipinski definition) is 7. The molecule has 0 bridgehead atoms. The fraction of sp³-hybridized carbons (Fsp3) is 0.318. The summed E-state index contributed by atoms with van der Waals surface area (Å²) < 4.78 is 6.48. The number of pyridine rings is 1. The van der Waals surface area contributed by atoms with Gasteiger partial charge in [0.15, 0.2) is 0 Å². The monoisotopic (exact) mass is 513 g/mol. The molecule has 2 N–H and O–H groups in total. The number of benzene rings is 1. The number of fused-ring (bicyclic) bond motifs is 4. The molecule has 152 valence electrons. The van der Waals surface area contributed by atoms with Crippen molar-refractivity contribution >= 4 is 28.6 Å². The Hall–Kier alpha value is -2.46. The van der Waals surface area contributed by atoms with Crippen LogP contribution in [0.1, 0.15) is 28.9 Å². The summed E-state index contributed by atoms with van der Waals surface area (Å²) in [5.74, 6) is 1.38. The number of guanidine groups is 1. The molecule has 1 aromatic carbocycles. The van der Waals surface area contributed by atoms with Gasteiger partial charge in [0, 0.05) is 42.4 Å². The molecule has 0 fully saturated rings. The molecular weight excluding hydrogens is 493 g/mol. The Morgan fingerprint density at radius 1 is 1.20 bits per heavy atom. The number of nitrogens with zero attached hydrogens (tertiary/aromatic N) is 4. The minimum Gasteiger partial charge on any atom is -0.368 e. The molecule has 3 aromatic rings. The minimum atomic E-state index is -0.850. The molecule has 2 aliphatic carbocycles. The molecule has 2 atom stereocenters. The molecule has 8 heteroatoms. The van der Waals surface area contributed by atoms with Gasteiger partial charge in [-0.25, -0.2) is 14.9 Å². The molecule has 0 amide bonds. The zero-order chi connectivity index (χ0) is 20.5. The van der Waals surface area contributed by atoms with E-state index in [2.05, 4.69) is 57.0 Å². The van der Waals surface area contributed by atoms with E-state index in [1.54, 1.807) is 11.3 Å². The molecular formula is C22H20IN5O2. The first-order valence-electron chi connectivity index (χ1n) is 9.96. The highest BCUT2D eigenvalue weighted by atomic mass is 127. The van der Waals surface area contributed by atoms with Crippen LogP contribution in [0.4, 0.5) is 0 Å². The van der Waals surface area contributed by atoms with Gasteiger partial charge >= 0.3 is 0 Å². The summed E-state index contributed by atoms with van der Waals surface area (Å²) in [5.41, 5.74) is 10.8. The Labute approximate surface area is 187 Å². The molecule has 0 saturated carbocycles. The Kier molecular flexibility index (Phi) is 3.83. The van der Waals surface area contributed by atoms with Crippen LogP contribution < -0.4 is 5.73 Å². The van der Waals surface area contributed by atoms with E-state index >= 15 is 0 Å². The maximum atomic E-state index is 6.50. The van der Waals surface area contributed by atoms with E-state index in [1.165, 1.54) is 11.1 Å². The molecule has 3 aliphatic rings. The average molecular weight is 513 g/mol. The first-order chi connectivity index (χ1) is 14.5. The van der Waals surface area contributed by atoms with Crippen LogP contribution in [-0.2, 0) is 29.8 Å². The van der Waals surface area contributed by atoms with E-state index in [0.29, 0.717) is 5.96 Å². The highest BCUT2D eigenvalue weighted by Gasteiger charge is 2.64. The minimum absolute atomic E-state index is 0.239. The van der Waals surface area contributed by atoms with Crippen molar-refractivity contribution in [3.05, 3.63) is 68.9 Å². The van der Waals surface area contributed by atoms with Crippen LogP contribution in [0.2, 0.25) is 0 Å². The van der Waals surface area contributed by atoms with Crippen LogP contribution in [0.3, 0.4) is 0 Å². The molecule has 2 aromatic heterocycles. The number of hydroxylamine groups is 2. The number of aryl methyl sites for hydroxylation is 1. The van der Waals surface area contributed by atoms with Gasteiger partial charge in [-0.05, 0) is 70.7 Å². The lowest BCUT2D eigenvalue weighted by Gasteiger charge is -2.42. The topological polar surface area (TPSA) is 89.8 Å². The van der Waals surface area contributed by atoms with Gasteiger partial charge in [-0.2, -0.15) is 0 Å². The Morgan fingerprint density at radius 3 is 2.87 bits per heavy atom. The molecule has 0 saturated heterocycles. The number of rotatable bonds is 1. The predicted molar refractivity (Wildman–Crippen MR) is 119 cm³/mol. The number of hydrogen-bond donors (Lipinski definition) is 1. The van der Waals surface area contributed by atoms with Gasteiger partial charge in [0.25, 0.3) is 0 Å². The van der Waals surface area contributed by atoms with Crippen molar-refractivity contribution in [1.29, 1.82) is 0 Å². The van der Waals surface area contributed by atoms with Crippen LogP contribution in [0.15, 0.2) is 52.2 Å². The molecule has 3 heterocycles. The molecule has 1 aliphatic heterocycles. The predicted octanol–water partition coefficient (Wildman–Crippen LogP) is 3.42. The fourth-order valence-corrected chi connectivity index (χ4v) is 5.85. The van der Waals surface area contributed by atoms with Crippen molar-refractivity contribution in [2.24, 2.45) is 16.1 Å². The zero-order valence-corrected chi connectivity index (χ0v) is 18.6. The van der Waals surface area contributed by atoms with Crippen molar-refractivity contribution in [2.45, 2.75) is 31.4 Å². The third-order valence-electron chi connectivity index (χ3n) is 6.75. The van der Waals surface area contributed by atoms with Crippen molar-refractivity contribution in [3.8, 4) is 11.1 Å². The van der Waals surface area contributed by atoms with Crippen LogP contribution in [0, 0.1) is 9.12 Å². The maximum absolute atomic E-state index is 6.50. The second-order valence-corrected chi connectivity index (χ2v) is 9.35. The molecule has 0 radical (unpaired) electrons. The molecule has 30 heavy (non-hydrogen) atoms. The average Bonchev–Trinajstić information content (AvgIpc) is 3.36. The van der Waals surface area contributed by atoms with Crippen LogP contribution in [0.25, 0.3) is 11.1 Å². The van der Waals surface area contributed by atoms with E-state index in [4.69, 9.17) is 20.1 Å². The summed E-state index contributed by atoms with van der Waals surface area (Å²) in [6.45, 7) is 0. The maximum Gasteiger partial charge on any atom is 0.221 e. The van der Waals surface area contributed by atoms with Crippen molar-refractivity contribution in [1.82, 2.24) is 15.2 Å². The second-order valence-electron chi connectivity index (χ2n) is 8.33. The van der Waals surface area contributed by atoms with E-state index in [0.717, 1.165) is 51.8 Å². The first kappa shape index (κ1) is 18.3. The summed E-state index contributed by atoms with van der Waals surface area (Å²) >= 11 is 2.26. The van der Waals surface area contributed by atoms with Crippen LogP contribution in [-0.4, -0.2) is 28.2 Å². The van der Waals surface area contributed by atoms with Crippen LogP contribution >= 0.6 is 22.6 Å². The lowest BCUT2D eigenvalue weighted by molar-refractivity contribution is -0.224. The highest BCUT2D eigenvalue weighted by Crippen LogP contribution is 2.61. The smallest absolute Gasteiger partial charge is 0.221 e.